The molecule has 0 saturated heterocycles. The highest BCUT2D eigenvalue weighted by Crippen LogP contribution is 2.16. The van der Waals surface area contributed by atoms with E-state index < -0.39 is 0 Å². The molecular formula is C13H29N. The van der Waals surface area contributed by atoms with Crippen molar-refractivity contribution in [2.24, 2.45) is 5.92 Å². The Morgan fingerprint density at radius 2 is 1.64 bits per heavy atom. The monoisotopic (exact) mass is 199 g/mol. The Kier molecular flexibility index (Phi) is 9.49. The zero-order chi connectivity index (χ0) is 10.8. The van der Waals surface area contributed by atoms with E-state index in [1.807, 2.05) is 0 Å². The summed E-state index contributed by atoms with van der Waals surface area (Å²) in [6.07, 6.45) is 8.24. The van der Waals surface area contributed by atoms with Crippen molar-refractivity contribution in [1.29, 1.82) is 0 Å². The molecule has 0 aliphatic rings. The number of nitrogens with zero attached hydrogens (tertiary/aromatic N) is 1. The van der Waals surface area contributed by atoms with Crippen LogP contribution in [0.25, 0.3) is 0 Å². The van der Waals surface area contributed by atoms with Gasteiger partial charge in [-0.2, -0.15) is 0 Å². The second-order valence-corrected chi connectivity index (χ2v) is 4.51. The molecule has 0 aromatic heterocycles. The minimum Gasteiger partial charge on any atom is -0.306 e. The van der Waals surface area contributed by atoms with Gasteiger partial charge in [0.2, 0.25) is 0 Å². The molecule has 0 aliphatic heterocycles. The summed E-state index contributed by atoms with van der Waals surface area (Å²) in [4.78, 5) is 2.47. The third-order valence-electron chi connectivity index (χ3n) is 3.07. The van der Waals surface area contributed by atoms with Crippen LogP contribution in [0.5, 0.6) is 0 Å². The summed E-state index contributed by atoms with van der Waals surface area (Å²) in [7, 11) is 2.25. The van der Waals surface area contributed by atoms with Gasteiger partial charge >= 0.3 is 0 Å². The van der Waals surface area contributed by atoms with Crippen molar-refractivity contribution in [2.75, 3.05) is 20.1 Å². The maximum atomic E-state index is 2.47. The molecule has 1 unspecified atom stereocenters. The summed E-state index contributed by atoms with van der Waals surface area (Å²) in [5, 5.41) is 0. The second kappa shape index (κ2) is 9.51. The van der Waals surface area contributed by atoms with Gasteiger partial charge in [-0.1, -0.05) is 46.5 Å². The normalized spacial score (nSPS) is 13.5. The van der Waals surface area contributed by atoms with Crippen LogP contribution in [0.4, 0.5) is 0 Å². The third kappa shape index (κ3) is 7.37. The molecule has 0 amide bonds. The number of hydrogen-bond acceptors (Lipinski definition) is 1. The van der Waals surface area contributed by atoms with Gasteiger partial charge in [-0.3, -0.25) is 0 Å². The Balaban J connectivity index is 3.50. The molecule has 1 heteroatoms. The van der Waals surface area contributed by atoms with E-state index in [1.54, 1.807) is 0 Å². The highest BCUT2D eigenvalue weighted by atomic mass is 15.1. The SMILES string of the molecule is CCCCC(CC)CCN(C)CCC. The van der Waals surface area contributed by atoms with Crippen LogP contribution in [0.1, 0.15) is 59.3 Å². The molecule has 1 nitrogen and oxygen atoms in total. The minimum atomic E-state index is 0.967. The molecule has 0 heterocycles. The molecular weight excluding hydrogens is 170 g/mol. The molecule has 86 valence electrons. The first-order valence-corrected chi connectivity index (χ1v) is 6.43. The van der Waals surface area contributed by atoms with Crippen LogP contribution in [-0.2, 0) is 0 Å². The molecule has 0 N–H and O–H groups in total. The molecule has 0 aliphatic carbocycles. The van der Waals surface area contributed by atoms with Gasteiger partial charge in [0.25, 0.3) is 0 Å². The predicted octanol–water partition coefficient (Wildman–Crippen LogP) is 3.93. The molecule has 0 saturated carbocycles. The molecule has 0 aromatic rings. The Bertz CT molecular complexity index is 112. The fraction of sp³-hybridized carbons (Fsp3) is 1.00. The van der Waals surface area contributed by atoms with Crippen molar-refractivity contribution >= 4 is 0 Å². The average Bonchev–Trinajstić information content (AvgIpc) is 2.19. The van der Waals surface area contributed by atoms with E-state index in [1.165, 1.54) is 51.6 Å². The van der Waals surface area contributed by atoms with Crippen molar-refractivity contribution in [3.63, 3.8) is 0 Å². The quantitative estimate of drug-likeness (QED) is 0.544. The number of hydrogen-bond donors (Lipinski definition) is 0. The largest absolute Gasteiger partial charge is 0.306 e. The summed E-state index contributed by atoms with van der Waals surface area (Å²) < 4.78 is 0. The van der Waals surface area contributed by atoms with Crippen LogP contribution in [-0.4, -0.2) is 25.0 Å². The fourth-order valence-electron chi connectivity index (χ4n) is 1.94. The molecule has 0 rings (SSSR count). The molecule has 14 heavy (non-hydrogen) atoms. The summed E-state index contributed by atoms with van der Waals surface area (Å²) in [5.41, 5.74) is 0. The van der Waals surface area contributed by atoms with Gasteiger partial charge in [0.1, 0.15) is 0 Å². The summed E-state index contributed by atoms with van der Waals surface area (Å²) >= 11 is 0. The second-order valence-electron chi connectivity index (χ2n) is 4.51. The Morgan fingerprint density at radius 3 is 2.14 bits per heavy atom. The first-order chi connectivity index (χ1) is 6.74. The lowest BCUT2D eigenvalue weighted by Gasteiger charge is -2.20. The first kappa shape index (κ1) is 14.0. The van der Waals surface area contributed by atoms with E-state index in [0.717, 1.165) is 5.92 Å². The number of rotatable bonds is 9. The van der Waals surface area contributed by atoms with E-state index in [4.69, 9.17) is 0 Å². The van der Waals surface area contributed by atoms with Crippen molar-refractivity contribution in [2.45, 2.75) is 59.3 Å². The van der Waals surface area contributed by atoms with Crippen molar-refractivity contribution in [3.8, 4) is 0 Å². The van der Waals surface area contributed by atoms with Gasteiger partial charge in [-0.25, -0.2) is 0 Å². The van der Waals surface area contributed by atoms with Gasteiger partial charge in [0.15, 0.2) is 0 Å². The molecule has 1 atom stereocenters. The smallest absolute Gasteiger partial charge is 0.00192 e. The fourth-order valence-corrected chi connectivity index (χ4v) is 1.94. The summed E-state index contributed by atoms with van der Waals surface area (Å²) in [5.74, 6) is 0.967. The Hall–Kier alpha value is -0.0400. The van der Waals surface area contributed by atoms with Crippen LogP contribution in [0.2, 0.25) is 0 Å². The van der Waals surface area contributed by atoms with E-state index >= 15 is 0 Å². The lowest BCUT2D eigenvalue weighted by atomic mass is 9.96. The highest BCUT2D eigenvalue weighted by Gasteiger charge is 2.06. The molecule has 0 spiro atoms. The van der Waals surface area contributed by atoms with Gasteiger partial charge in [0, 0.05) is 0 Å². The third-order valence-corrected chi connectivity index (χ3v) is 3.07. The Labute approximate surface area is 90.9 Å². The van der Waals surface area contributed by atoms with E-state index in [-0.39, 0.29) is 0 Å². The lowest BCUT2D eigenvalue weighted by molar-refractivity contribution is 0.288. The lowest BCUT2D eigenvalue weighted by Crippen LogP contribution is -2.22. The van der Waals surface area contributed by atoms with Gasteiger partial charge in [0.05, 0.1) is 0 Å². The van der Waals surface area contributed by atoms with Crippen LogP contribution < -0.4 is 0 Å². The highest BCUT2D eigenvalue weighted by molar-refractivity contribution is 4.60. The van der Waals surface area contributed by atoms with Crippen LogP contribution in [0, 0.1) is 5.92 Å². The molecule has 0 aromatic carbocycles. The number of unbranched alkanes of at least 4 members (excludes halogenated alkanes) is 1. The van der Waals surface area contributed by atoms with E-state index in [2.05, 4.69) is 32.7 Å². The summed E-state index contributed by atoms with van der Waals surface area (Å²) in [6, 6.07) is 0. The predicted molar refractivity (Wildman–Crippen MR) is 65.7 cm³/mol. The Morgan fingerprint density at radius 1 is 0.929 bits per heavy atom. The topological polar surface area (TPSA) is 3.24 Å². The van der Waals surface area contributed by atoms with Gasteiger partial charge in [-0.05, 0) is 38.9 Å². The van der Waals surface area contributed by atoms with E-state index in [9.17, 15) is 0 Å². The van der Waals surface area contributed by atoms with Crippen LogP contribution in [0.3, 0.4) is 0 Å². The van der Waals surface area contributed by atoms with Crippen LogP contribution >= 0.6 is 0 Å². The summed E-state index contributed by atoms with van der Waals surface area (Å²) in [6.45, 7) is 9.42. The molecule has 0 bridgehead atoms. The standard InChI is InChI=1S/C13H29N/c1-5-8-9-13(7-3)10-12-14(4)11-6-2/h13H,5-12H2,1-4H3. The maximum Gasteiger partial charge on any atom is -0.00192 e. The van der Waals surface area contributed by atoms with Crippen LogP contribution in [0.15, 0.2) is 0 Å². The maximum absolute atomic E-state index is 2.47. The van der Waals surface area contributed by atoms with Crippen molar-refractivity contribution < 1.29 is 0 Å². The molecule has 0 radical (unpaired) electrons. The zero-order valence-electron chi connectivity index (χ0n) is 10.7. The van der Waals surface area contributed by atoms with Gasteiger partial charge < -0.3 is 4.90 Å². The average molecular weight is 199 g/mol. The van der Waals surface area contributed by atoms with Gasteiger partial charge in [-0.15, -0.1) is 0 Å². The van der Waals surface area contributed by atoms with E-state index in [0.29, 0.717) is 0 Å². The minimum absolute atomic E-state index is 0.967. The van der Waals surface area contributed by atoms with Crippen molar-refractivity contribution in [1.82, 2.24) is 4.90 Å². The van der Waals surface area contributed by atoms with Crippen molar-refractivity contribution in [3.05, 3.63) is 0 Å². The molecule has 0 fully saturated rings. The zero-order valence-corrected chi connectivity index (χ0v) is 10.7. The first-order valence-electron chi connectivity index (χ1n) is 6.43.